The Morgan fingerprint density at radius 2 is 2.10 bits per heavy atom. The highest BCUT2D eigenvalue weighted by Gasteiger charge is 2.11. The highest BCUT2D eigenvalue weighted by molar-refractivity contribution is 5.91. The van der Waals surface area contributed by atoms with Gasteiger partial charge in [-0.2, -0.15) is 0 Å². The largest absolute Gasteiger partial charge is 0.395 e. The molecule has 1 unspecified atom stereocenters. The Morgan fingerprint density at radius 1 is 1.43 bits per heavy atom. The molecular formula is C15H25N3O3. The molecule has 0 heterocycles. The number of carbonyl (C=O) groups is 1. The van der Waals surface area contributed by atoms with Gasteiger partial charge in [-0.1, -0.05) is 0 Å². The fourth-order valence-corrected chi connectivity index (χ4v) is 2.03. The van der Waals surface area contributed by atoms with Crippen molar-refractivity contribution in [3.8, 4) is 0 Å². The third-order valence-electron chi connectivity index (χ3n) is 3.28. The van der Waals surface area contributed by atoms with E-state index >= 15 is 0 Å². The minimum absolute atomic E-state index is 0.115. The van der Waals surface area contributed by atoms with Gasteiger partial charge < -0.3 is 25.8 Å². The number of likely N-dealkylation sites (N-methyl/N-ethyl adjacent to an activating group) is 1. The van der Waals surface area contributed by atoms with Crippen LogP contribution in [-0.2, 0) is 9.53 Å². The molecule has 0 spiro atoms. The van der Waals surface area contributed by atoms with Gasteiger partial charge in [-0.15, -0.1) is 0 Å². The number of aliphatic hydroxyl groups excluding tert-OH is 1. The van der Waals surface area contributed by atoms with E-state index < -0.39 is 0 Å². The lowest BCUT2D eigenvalue weighted by atomic mass is 10.2. The molecule has 21 heavy (non-hydrogen) atoms. The molecule has 1 amide bonds. The second-order valence-electron chi connectivity index (χ2n) is 4.70. The molecule has 0 saturated heterocycles. The highest BCUT2D eigenvalue weighted by Crippen LogP contribution is 2.18. The second-order valence-corrected chi connectivity index (χ2v) is 4.70. The zero-order chi connectivity index (χ0) is 15.7. The van der Waals surface area contributed by atoms with Crippen LogP contribution in [0.1, 0.15) is 13.3 Å². The summed E-state index contributed by atoms with van der Waals surface area (Å²) in [7, 11) is 1.54. The Balaban J connectivity index is 2.59. The first kappa shape index (κ1) is 17.4. The number of rotatable bonds is 9. The fourth-order valence-electron chi connectivity index (χ4n) is 2.03. The van der Waals surface area contributed by atoms with Crippen LogP contribution >= 0.6 is 0 Å². The molecule has 0 radical (unpaired) electrons. The van der Waals surface area contributed by atoms with Gasteiger partial charge in [0.15, 0.2) is 0 Å². The van der Waals surface area contributed by atoms with Crippen LogP contribution < -0.4 is 16.0 Å². The molecule has 0 aromatic heterocycles. The van der Waals surface area contributed by atoms with E-state index in [9.17, 15) is 4.79 Å². The van der Waals surface area contributed by atoms with Gasteiger partial charge in [0.05, 0.1) is 19.1 Å². The molecule has 0 saturated carbocycles. The van der Waals surface area contributed by atoms with Crippen LogP contribution in [0, 0.1) is 0 Å². The minimum atomic E-state index is -0.260. The summed E-state index contributed by atoms with van der Waals surface area (Å²) in [4.78, 5) is 13.9. The molecule has 1 aromatic carbocycles. The Bertz CT molecular complexity index is 419. The third kappa shape index (κ3) is 5.71. The van der Waals surface area contributed by atoms with E-state index in [1.54, 1.807) is 7.11 Å². The van der Waals surface area contributed by atoms with Gasteiger partial charge in [-0.05, 0) is 31.2 Å². The van der Waals surface area contributed by atoms with E-state index in [4.69, 9.17) is 15.6 Å². The Hall–Kier alpha value is -1.63. The first-order valence-electron chi connectivity index (χ1n) is 7.13. The summed E-state index contributed by atoms with van der Waals surface area (Å²) in [6.45, 7) is 3.87. The summed E-state index contributed by atoms with van der Waals surface area (Å²) >= 11 is 0. The number of carbonyl (C=O) groups excluding carboxylic acids is 1. The molecule has 0 bridgehead atoms. The molecule has 4 N–H and O–H groups in total. The molecule has 118 valence electrons. The normalized spacial score (nSPS) is 12.0. The van der Waals surface area contributed by atoms with Gasteiger partial charge in [-0.25, -0.2) is 0 Å². The predicted octanol–water partition coefficient (Wildman–Crippen LogP) is 0.807. The Labute approximate surface area is 125 Å². The van der Waals surface area contributed by atoms with Gasteiger partial charge in [0.1, 0.15) is 0 Å². The number of methoxy groups -OCH3 is 1. The van der Waals surface area contributed by atoms with Gasteiger partial charge in [0.2, 0.25) is 5.91 Å². The number of anilines is 2. The Morgan fingerprint density at radius 3 is 2.57 bits per heavy atom. The van der Waals surface area contributed by atoms with Crippen LogP contribution in [0.5, 0.6) is 0 Å². The summed E-state index contributed by atoms with van der Waals surface area (Å²) in [5.74, 6) is -0.122. The van der Waals surface area contributed by atoms with E-state index in [1.807, 2.05) is 31.2 Å². The standard InChI is InChI=1S/C15H25N3O3/c1-3-18(8-9-19)13-6-4-12(5-7-13)17-15(20)10-14(11-16)21-2/h4-7,14,19H,3,8-11,16H2,1-2H3,(H,17,20). The van der Waals surface area contributed by atoms with E-state index in [-0.39, 0.29) is 25.0 Å². The van der Waals surface area contributed by atoms with E-state index in [0.717, 1.165) is 17.9 Å². The maximum absolute atomic E-state index is 11.8. The lowest BCUT2D eigenvalue weighted by Crippen LogP contribution is -2.28. The van der Waals surface area contributed by atoms with Crippen molar-refractivity contribution in [3.63, 3.8) is 0 Å². The number of hydrogen-bond donors (Lipinski definition) is 3. The van der Waals surface area contributed by atoms with Gasteiger partial charge in [0.25, 0.3) is 0 Å². The van der Waals surface area contributed by atoms with Gasteiger partial charge in [0, 0.05) is 38.1 Å². The fraction of sp³-hybridized carbons (Fsp3) is 0.533. The number of hydrogen-bond acceptors (Lipinski definition) is 5. The van der Waals surface area contributed by atoms with Crippen LogP contribution in [0.15, 0.2) is 24.3 Å². The van der Waals surface area contributed by atoms with Gasteiger partial charge >= 0.3 is 0 Å². The van der Waals surface area contributed by atoms with Crippen LogP contribution in [-0.4, -0.2) is 50.5 Å². The zero-order valence-corrected chi connectivity index (χ0v) is 12.7. The first-order valence-corrected chi connectivity index (χ1v) is 7.13. The monoisotopic (exact) mass is 295 g/mol. The molecule has 0 fully saturated rings. The van der Waals surface area contributed by atoms with Crippen LogP contribution in [0.2, 0.25) is 0 Å². The second kappa shape index (κ2) is 9.33. The highest BCUT2D eigenvalue weighted by atomic mass is 16.5. The lowest BCUT2D eigenvalue weighted by Gasteiger charge is -2.22. The van der Waals surface area contributed by atoms with Crippen LogP contribution in [0.4, 0.5) is 11.4 Å². The molecule has 1 atom stereocenters. The van der Waals surface area contributed by atoms with Crippen LogP contribution in [0.25, 0.3) is 0 Å². The smallest absolute Gasteiger partial charge is 0.227 e. The average Bonchev–Trinajstić information content (AvgIpc) is 2.51. The topological polar surface area (TPSA) is 87.8 Å². The molecule has 0 aliphatic rings. The molecule has 0 aliphatic carbocycles. The zero-order valence-electron chi connectivity index (χ0n) is 12.7. The summed E-state index contributed by atoms with van der Waals surface area (Å²) in [5.41, 5.74) is 7.24. The number of aliphatic hydroxyl groups is 1. The van der Waals surface area contributed by atoms with Crippen molar-refractivity contribution in [3.05, 3.63) is 24.3 Å². The molecule has 6 heteroatoms. The molecule has 0 aliphatic heterocycles. The summed E-state index contributed by atoms with van der Waals surface area (Å²) in [6, 6.07) is 7.53. The van der Waals surface area contributed by atoms with Crippen LogP contribution in [0.3, 0.4) is 0 Å². The Kier molecular flexibility index (Phi) is 7.74. The molecule has 1 rings (SSSR count). The van der Waals surface area contributed by atoms with Crippen molar-refractivity contribution in [2.75, 3.05) is 43.6 Å². The van der Waals surface area contributed by atoms with Crippen molar-refractivity contribution in [2.24, 2.45) is 5.73 Å². The van der Waals surface area contributed by atoms with Crippen molar-refractivity contribution in [1.82, 2.24) is 0 Å². The number of nitrogens with zero attached hydrogens (tertiary/aromatic N) is 1. The number of nitrogens with one attached hydrogen (secondary N) is 1. The van der Waals surface area contributed by atoms with E-state index in [1.165, 1.54) is 0 Å². The summed E-state index contributed by atoms with van der Waals surface area (Å²) < 4.78 is 5.08. The number of amides is 1. The van der Waals surface area contributed by atoms with Crippen molar-refractivity contribution in [2.45, 2.75) is 19.4 Å². The van der Waals surface area contributed by atoms with E-state index in [0.29, 0.717) is 13.1 Å². The maximum atomic E-state index is 11.8. The maximum Gasteiger partial charge on any atom is 0.227 e. The summed E-state index contributed by atoms with van der Waals surface area (Å²) in [5, 5.41) is 11.8. The van der Waals surface area contributed by atoms with Crippen molar-refractivity contribution >= 4 is 17.3 Å². The average molecular weight is 295 g/mol. The third-order valence-corrected chi connectivity index (χ3v) is 3.28. The van der Waals surface area contributed by atoms with Crippen molar-refractivity contribution < 1.29 is 14.6 Å². The van der Waals surface area contributed by atoms with Crippen molar-refractivity contribution in [1.29, 1.82) is 0 Å². The number of nitrogens with two attached hydrogens (primary N) is 1. The minimum Gasteiger partial charge on any atom is -0.395 e. The molecule has 1 aromatic rings. The number of benzene rings is 1. The quantitative estimate of drug-likeness (QED) is 0.627. The molecular weight excluding hydrogens is 270 g/mol. The first-order chi connectivity index (χ1) is 10.1. The van der Waals surface area contributed by atoms with E-state index in [2.05, 4.69) is 10.2 Å². The lowest BCUT2D eigenvalue weighted by molar-refractivity contribution is -0.118. The number of ether oxygens (including phenoxy) is 1. The summed E-state index contributed by atoms with van der Waals surface area (Å²) in [6.07, 6.45) is -0.0233. The molecule has 6 nitrogen and oxygen atoms in total. The predicted molar refractivity (Wildman–Crippen MR) is 84.5 cm³/mol. The van der Waals surface area contributed by atoms with Gasteiger partial charge in [-0.3, -0.25) is 4.79 Å². The SMILES string of the molecule is CCN(CCO)c1ccc(NC(=O)CC(CN)OC)cc1.